The molecule has 1 aliphatic rings. The Labute approximate surface area is 155 Å². The molecule has 126 valence electrons. The van der Waals surface area contributed by atoms with Gasteiger partial charge in [-0.2, -0.15) is 5.10 Å². The first-order valence-corrected chi connectivity index (χ1v) is 8.72. The second-order valence-corrected chi connectivity index (χ2v) is 6.86. The van der Waals surface area contributed by atoms with Crippen molar-refractivity contribution in [3.05, 3.63) is 75.5 Å². The Morgan fingerprint density at radius 3 is 2.68 bits per heavy atom. The Hall–Kier alpha value is -2.30. The van der Waals surface area contributed by atoms with E-state index in [0.29, 0.717) is 28.0 Å². The Balaban J connectivity index is 1.70. The summed E-state index contributed by atoms with van der Waals surface area (Å²) in [7, 11) is 0. The molecule has 0 saturated heterocycles. The van der Waals surface area contributed by atoms with E-state index in [-0.39, 0.29) is 5.91 Å². The van der Waals surface area contributed by atoms with Crippen molar-refractivity contribution < 1.29 is 4.79 Å². The molecule has 0 atom stereocenters. The van der Waals surface area contributed by atoms with Gasteiger partial charge in [0.1, 0.15) is 0 Å². The van der Waals surface area contributed by atoms with Gasteiger partial charge in [-0.15, -0.1) is 0 Å². The maximum Gasteiger partial charge on any atom is 0.278 e. The van der Waals surface area contributed by atoms with E-state index in [1.807, 2.05) is 25.1 Å². The molecule has 0 unspecified atom stereocenters. The van der Waals surface area contributed by atoms with Gasteiger partial charge in [-0.3, -0.25) is 4.79 Å². The number of para-hydroxylation sites is 1. The fraction of sp³-hybridized carbons (Fsp3) is 0.158. The van der Waals surface area contributed by atoms with Gasteiger partial charge in [-0.05, 0) is 49.2 Å². The molecule has 2 heterocycles. The first kappa shape index (κ1) is 16.2. The number of rotatable bonds is 2. The number of hydrogen-bond acceptors (Lipinski definition) is 2. The molecule has 0 fully saturated rings. The highest BCUT2D eigenvalue weighted by atomic mass is 35.5. The summed E-state index contributed by atoms with van der Waals surface area (Å²) in [6, 6.07) is 15.0. The van der Waals surface area contributed by atoms with Crippen molar-refractivity contribution in [1.29, 1.82) is 0 Å². The zero-order chi connectivity index (χ0) is 17.6. The molecule has 25 heavy (non-hydrogen) atoms. The van der Waals surface area contributed by atoms with Crippen LogP contribution in [0, 0.1) is 6.92 Å². The molecule has 1 aliphatic heterocycles. The number of hydrogen-bond donors (Lipinski definition) is 0. The van der Waals surface area contributed by atoms with Gasteiger partial charge in [0, 0.05) is 22.9 Å². The van der Waals surface area contributed by atoms with Crippen LogP contribution in [0.5, 0.6) is 0 Å². The van der Waals surface area contributed by atoms with Gasteiger partial charge in [0.2, 0.25) is 0 Å². The van der Waals surface area contributed by atoms with Crippen LogP contribution in [0.25, 0.3) is 5.69 Å². The fourth-order valence-electron chi connectivity index (χ4n) is 3.16. The number of anilines is 1. The van der Waals surface area contributed by atoms with E-state index in [1.165, 1.54) is 5.56 Å². The van der Waals surface area contributed by atoms with Crippen molar-refractivity contribution >= 4 is 34.8 Å². The predicted molar refractivity (Wildman–Crippen MR) is 100 cm³/mol. The van der Waals surface area contributed by atoms with Gasteiger partial charge in [-0.25, -0.2) is 4.68 Å². The summed E-state index contributed by atoms with van der Waals surface area (Å²) in [4.78, 5) is 14.7. The normalized spacial score (nSPS) is 13.2. The third-order valence-corrected chi connectivity index (χ3v) is 4.91. The number of fused-ring (bicyclic) bond motifs is 1. The first-order chi connectivity index (χ1) is 12.0. The lowest BCUT2D eigenvalue weighted by molar-refractivity contribution is 0.0984. The highest BCUT2D eigenvalue weighted by Crippen LogP contribution is 2.30. The van der Waals surface area contributed by atoms with E-state index in [0.717, 1.165) is 17.8 Å². The molecule has 2 aromatic carbocycles. The van der Waals surface area contributed by atoms with E-state index in [2.05, 4.69) is 11.2 Å². The number of benzene rings is 2. The first-order valence-electron chi connectivity index (χ1n) is 7.96. The summed E-state index contributed by atoms with van der Waals surface area (Å²) < 4.78 is 1.67. The lowest BCUT2D eigenvalue weighted by Gasteiger charge is -2.15. The summed E-state index contributed by atoms with van der Waals surface area (Å²) in [5.74, 6) is -0.100. The largest absolute Gasteiger partial charge is 0.306 e. The lowest BCUT2D eigenvalue weighted by Crippen LogP contribution is -2.29. The summed E-state index contributed by atoms with van der Waals surface area (Å²) >= 11 is 12.2. The molecular formula is C19H15Cl2N3O. The van der Waals surface area contributed by atoms with Crippen molar-refractivity contribution in [2.24, 2.45) is 0 Å². The van der Waals surface area contributed by atoms with E-state index >= 15 is 0 Å². The maximum absolute atomic E-state index is 12.9. The average molecular weight is 372 g/mol. The second-order valence-electron chi connectivity index (χ2n) is 6.01. The molecule has 6 heteroatoms. The van der Waals surface area contributed by atoms with Crippen molar-refractivity contribution in [3.63, 3.8) is 0 Å². The van der Waals surface area contributed by atoms with Crippen LogP contribution in [0.2, 0.25) is 10.0 Å². The topological polar surface area (TPSA) is 38.1 Å². The van der Waals surface area contributed by atoms with Crippen LogP contribution in [-0.4, -0.2) is 22.2 Å². The van der Waals surface area contributed by atoms with Gasteiger partial charge < -0.3 is 4.90 Å². The summed E-state index contributed by atoms with van der Waals surface area (Å²) in [5.41, 5.74) is 4.08. The average Bonchev–Trinajstić information content (AvgIpc) is 3.18. The number of aromatic nitrogens is 2. The highest BCUT2D eigenvalue weighted by molar-refractivity contribution is 6.35. The van der Waals surface area contributed by atoms with Gasteiger partial charge in [0.15, 0.2) is 5.69 Å². The Bertz CT molecular complexity index is 981. The molecule has 0 radical (unpaired) electrons. The van der Waals surface area contributed by atoms with Gasteiger partial charge in [-0.1, -0.05) is 41.4 Å². The molecule has 4 rings (SSSR count). The Morgan fingerprint density at radius 1 is 1.08 bits per heavy atom. The van der Waals surface area contributed by atoms with Crippen LogP contribution in [0.15, 0.2) is 48.5 Å². The van der Waals surface area contributed by atoms with Crippen LogP contribution in [0.4, 0.5) is 5.69 Å². The molecule has 0 saturated carbocycles. The van der Waals surface area contributed by atoms with Crippen molar-refractivity contribution in [2.45, 2.75) is 13.3 Å². The molecule has 0 aliphatic carbocycles. The summed E-state index contributed by atoms with van der Waals surface area (Å²) in [6.45, 7) is 2.57. The third-order valence-electron chi connectivity index (χ3n) is 4.38. The smallest absolute Gasteiger partial charge is 0.278 e. The zero-order valence-electron chi connectivity index (χ0n) is 13.5. The minimum absolute atomic E-state index is 0.100. The van der Waals surface area contributed by atoms with E-state index < -0.39 is 0 Å². The highest BCUT2D eigenvalue weighted by Gasteiger charge is 2.27. The van der Waals surface area contributed by atoms with Crippen molar-refractivity contribution in [1.82, 2.24) is 9.78 Å². The molecule has 3 aromatic rings. The molecule has 0 spiro atoms. The maximum atomic E-state index is 12.9. The Morgan fingerprint density at radius 2 is 1.88 bits per heavy atom. The SMILES string of the molecule is Cc1cc(C(=O)N2CCc3ccccc32)nn1-c1ccc(Cl)cc1Cl. The minimum atomic E-state index is -0.100. The van der Waals surface area contributed by atoms with E-state index in [9.17, 15) is 4.79 Å². The number of carbonyl (C=O) groups is 1. The monoisotopic (exact) mass is 371 g/mol. The Kier molecular flexibility index (Phi) is 4.02. The molecule has 4 nitrogen and oxygen atoms in total. The van der Waals surface area contributed by atoms with Crippen LogP contribution < -0.4 is 4.90 Å². The third kappa shape index (κ3) is 2.81. The van der Waals surface area contributed by atoms with Gasteiger partial charge >= 0.3 is 0 Å². The van der Waals surface area contributed by atoms with Crippen LogP contribution in [0.3, 0.4) is 0 Å². The van der Waals surface area contributed by atoms with Crippen LogP contribution >= 0.6 is 23.2 Å². The van der Waals surface area contributed by atoms with Crippen LogP contribution in [0.1, 0.15) is 21.7 Å². The van der Waals surface area contributed by atoms with Crippen LogP contribution in [-0.2, 0) is 6.42 Å². The van der Waals surface area contributed by atoms with Gasteiger partial charge in [0.05, 0.1) is 10.7 Å². The predicted octanol–water partition coefficient (Wildman–Crippen LogP) is 4.69. The van der Waals surface area contributed by atoms with E-state index in [1.54, 1.807) is 33.8 Å². The lowest BCUT2D eigenvalue weighted by atomic mass is 10.2. The van der Waals surface area contributed by atoms with Crippen molar-refractivity contribution in [2.75, 3.05) is 11.4 Å². The van der Waals surface area contributed by atoms with E-state index in [4.69, 9.17) is 23.2 Å². The number of carbonyl (C=O) groups excluding carboxylic acids is 1. The zero-order valence-corrected chi connectivity index (χ0v) is 15.1. The second kappa shape index (κ2) is 6.21. The molecule has 0 bridgehead atoms. The molecule has 1 amide bonds. The molecule has 1 aromatic heterocycles. The standard InChI is InChI=1S/C19H15Cl2N3O/c1-12-10-16(22-24(12)18-7-6-14(20)11-15(18)21)19(25)23-9-8-13-4-2-3-5-17(13)23/h2-7,10-11H,8-9H2,1H3. The summed E-state index contributed by atoms with van der Waals surface area (Å²) in [5, 5.41) is 5.53. The fourth-order valence-corrected chi connectivity index (χ4v) is 3.65. The summed E-state index contributed by atoms with van der Waals surface area (Å²) in [6.07, 6.45) is 0.866. The number of nitrogens with zero attached hydrogens (tertiary/aromatic N) is 3. The molecular weight excluding hydrogens is 357 g/mol. The van der Waals surface area contributed by atoms with Gasteiger partial charge in [0.25, 0.3) is 5.91 Å². The quantitative estimate of drug-likeness (QED) is 0.655. The number of halogens is 2. The minimum Gasteiger partial charge on any atom is -0.306 e. The molecule has 0 N–H and O–H groups in total. The number of amides is 1. The number of aryl methyl sites for hydroxylation is 1. The van der Waals surface area contributed by atoms with Crippen molar-refractivity contribution in [3.8, 4) is 5.69 Å².